The maximum atomic E-state index is 11.6. The van der Waals surface area contributed by atoms with E-state index < -0.39 is 12.0 Å². The Kier molecular flexibility index (Phi) is 5.30. The molecule has 1 aromatic heterocycles. The van der Waals surface area contributed by atoms with E-state index in [0.29, 0.717) is 19.4 Å². The second-order valence-electron chi connectivity index (χ2n) is 4.77. The Morgan fingerprint density at radius 2 is 2.33 bits per heavy atom. The lowest BCUT2D eigenvalue weighted by Gasteiger charge is -2.22. The molecule has 0 amide bonds. The second-order valence-corrected chi connectivity index (χ2v) is 4.77. The van der Waals surface area contributed by atoms with Crippen LogP contribution in [0.4, 0.5) is 0 Å². The van der Waals surface area contributed by atoms with Gasteiger partial charge in [-0.3, -0.25) is 4.79 Å². The van der Waals surface area contributed by atoms with Gasteiger partial charge in [0.25, 0.3) is 0 Å². The van der Waals surface area contributed by atoms with Gasteiger partial charge in [-0.1, -0.05) is 0 Å². The monoisotopic (exact) mass is 255 g/mol. The van der Waals surface area contributed by atoms with Crippen LogP contribution >= 0.6 is 0 Å². The van der Waals surface area contributed by atoms with Crippen molar-refractivity contribution in [3.05, 3.63) is 18.2 Å². The van der Waals surface area contributed by atoms with Crippen LogP contribution in [0.3, 0.4) is 0 Å². The molecule has 0 aliphatic carbocycles. The van der Waals surface area contributed by atoms with Crippen LogP contribution < -0.4 is 5.73 Å². The van der Waals surface area contributed by atoms with Crippen LogP contribution in [-0.4, -0.2) is 41.3 Å². The van der Waals surface area contributed by atoms with Gasteiger partial charge in [0.05, 0.1) is 18.5 Å². The summed E-state index contributed by atoms with van der Waals surface area (Å²) in [4.78, 5) is 18.4. The normalized spacial score (nSPS) is 13.3. The van der Waals surface area contributed by atoms with E-state index in [4.69, 9.17) is 15.2 Å². The average Bonchev–Trinajstić information content (AvgIpc) is 2.81. The molecular formula is C12H21N3O3. The molecule has 0 radical (unpaired) electrons. The molecule has 6 nitrogen and oxygen atoms in total. The number of nitrogens with zero attached hydrogens (tertiary/aromatic N) is 1. The Morgan fingerprint density at radius 1 is 1.61 bits per heavy atom. The first kappa shape index (κ1) is 14.7. The predicted octanol–water partition coefficient (Wildman–Crippen LogP) is 0.638. The molecule has 18 heavy (non-hydrogen) atoms. The summed E-state index contributed by atoms with van der Waals surface area (Å²) in [5.74, 6) is -0.406. The number of imidazole rings is 1. The first-order valence-corrected chi connectivity index (χ1v) is 5.89. The van der Waals surface area contributed by atoms with Crippen LogP contribution in [-0.2, 0) is 20.7 Å². The Balaban J connectivity index is 2.28. The molecule has 1 atom stereocenters. The Bertz CT molecular complexity index is 363. The summed E-state index contributed by atoms with van der Waals surface area (Å²) < 4.78 is 10.3. The van der Waals surface area contributed by atoms with Crippen molar-refractivity contribution in [1.29, 1.82) is 0 Å². The average molecular weight is 255 g/mol. The molecule has 0 aliphatic rings. The highest BCUT2D eigenvalue weighted by Crippen LogP contribution is 2.12. The second kappa shape index (κ2) is 6.51. The standard InChI is InChI=1S/C12H21N3O3/c1-12(2,17-3)4-5-18-11(16)10(13)6-9-7-14-8-15-9/h7-8,10H,4-6,13H2,1-3H3,(H,14,15)/t10-/m1/s1. The molecule has 0 spiro atoms. The minimum Gasteiger partial charge on any atom is -0.464 e. The van der Waals surface area contributed by atoms with E-state index >= 15 is 0 Å². The van der Waals surface area contributed by atoms with Gasteiger partial charge in [-0.05, 0) is 13.8 Å². The number of hydrogen-bond donors (Lipinski definition) is 2. The smallest absolute Gasteiger partial charge is 0.323 e. The molecule has 3 N–H and O–H groups in total. The summed E-state index contributed by atoms with van der Waals surface area (Å²) in [6.45, 7) is 4.17. The van der Waals surface area contributed by atoms with Crippen LogP contribution in [0.15, 0.2) is 12.5 Å². The number of H-pyrrole nitrogens is 1. The quantitative estimate of drug-likeness (QED) is 0.698. The van der Waals surface area contributed by atoms with E-state index in [0.717, 1.165) is 5.69 Å². The number of rotatable bonds is 7. The van der Waals surface area contributed by atoms with Gasteiger partial charge >= 0.3 is 5.97 Å². The number of carbonyl (C=O) groups excluding carboxylic acids is 1. The van der Waals surface area contributed by atoms with Gasteiger partial charge in [0, 0.05) is 31.8 Å². The van der Waals surface area contributed by atoms with E-state index in [1.54, 1.807) is 19.6 Å². The third-order valence-corrected chi connectivity index (χ3v) is 2.80. The molecule has 0 aliphatic heterocycles. The van der Waals surface area contributed by atoms with Crippen LogP contribution in [0.5, 0.6) is 0 Å². The summed E-state index contributed by atoms with van der Waals surface area (Å²) >= 11 is 0. The van der Waals surface area contributed by atoms with Crippen molar-refractivity contribution in [2.24, 2.45) is 5.73 Å². The van der Waals surface area contributed by atoms with Gasteiger partial charge in [-0.25, -0.2) is 4.98 Å². The van der Waals surface area contributed by atoms with E-state index in [2.05, 4.69) is 9.97 Å². The Labute approximate surface area is 107 Å². The number of carbonyl (C=O) groups is 1. The van der Waals surface area contributed by atoms with E-state index in [9.17, 15) is 4.79 Å². The first-order valence-electron chi connectivity index (χ1n) is 5.89. The zero-order valence-electron chi connectivity index (χ0n) is 11.1. The minimum absolute atomic E-state index is 0.298. The predicted molar refractivity (Wildman–Crippen MR) is 66.9 cm³/mol. The van der Waals surface area contributed by atoms with Crippen molar-refractivity contribution >= 4 is 5.97 Å². The molecule has 0 saturated carbocycles. The van der Waals surface area contributed by atoms with Crippen LogP contribution in [0, 0.1) is 0 Å². The molecule has 0 fully saturated rings. The fraction of sp³-hybridized carbons (Fsp3) is 0.667. The van der Waals surface area contributed by atoms with E-state index in [1.807, 2.05) is 13.8 Å². The van der Waals surface area contributed by atoms with Crippen LogP contribution in [0.1, 0.15) is 26.0 Å². The third kappa shape index (κ3) is 4.85. The van der Waals surface area contributed by atoms with Gasteiger partial charge < -0.3 is 20.2 Å². The molecule has 102 valence electrons. The Morgan fingerprint density at radius 3 is 2.89 bits per heavy atom. The molecular weight excluding hydrogens is 234 g/mol. The zero-order valence-corrected chi connectivity index (χ0v) is 11.1. The molecule has 1 rings (SSSR count). The molecule has 6 heteroatoms. The highest BCUT2D eigenvalue weighted by Gasteiger charge is 2.20. The number of hydrogen-bond acceptors (Lipinski definition) is 5. The number of nitrogens with one attached hydrogen (secondary N) is 1. The minimum atomic E-state index is -0.670. The van der Waals surface area contributed by atoms with Crippen molar-refractivity contribution in [1.82, 2.24) is 9.97 Å². The van der Waals surface area contributed by atoms with Crippen molar-refractivity contribution in [2.45, 2.75) is 38.3 Å². The highest BCUT2D eigenvalue weighted by atomic mass is 16.5. The fourth-order valence-electron chi connectivity index (χ4n) is 1.32. The first-order chi connectivity index (χ1) is 8.44. The van der Waals surface area contributed by atoms with Crippen molar-refractivity contribution in [3.8, 4) is 0 Å². The molecule has 0 aromatic carbocycles. The number of methoxy groups -OCH3 is 1. The summed E-state index contributed by atoms with van der Waals surface area (Å²) in [6, 6.07) is -0.670. The maximum Gasteiger partial charge on any atom is 0.323 e. The van der Waals surface area contributed by atoms with Crippen LogP contribution in [0.2, 0.25) is 0 Å². The molecule has 1 heterocycles. The molecule has 0 saturated heterocycles. The number of nitrogens with two attached hydrogens (primary N) is 1. The highest BCUT2D eigenvalue weighted by molar-refractivity contribution is 5.75. The van der Waals surface area contributed by atoms with Gasteiger partial charge in [0.2, 0.25) is 0 Å². The number of aromatic nitrogens is 2. The van der Waals surface area contributed by atoms with Crippen molar-refractivity contribution in [3.63, 3.8) is 0 Å². The van der Waals surface area contributed by atoms with Gasteiger partial charge in [0.15, 0.2) is 0 Å². The van der Waals surface area contributed by atoms with Crippen molar-refractivity contribution in [2.75, 3.05) is 13.7 Å². The number of esters is 1. The largest absolute Gasteiger partial charge is 0.464 e. The topological polar surface area (TPSA) is 90.2 Å². The van der Waals surface area contributed by atoms with Gasteiger partial charge in [-0.15, -0.1) is 0 Å². The molecule has 0 bridgehead atoms. The molecule has 0 unspecified atom stereocenters. The lowest BCUT2D eigenvalue weighted by atomic mass is 10.1. The summed E-state index contributed by atoms with van der Waals surface area (Å²) in [7, 11) is 1.63. The molecule has 1 aromatic rings. The van der Waals surface area contributed by atoms with E-state index in [1.165, 1.54) is 0 Å². The van der Waals surface area contributed by atoms with Crippen molar-refractivity contribution < 1.29 is 14.3 Å². The summed E-state index contributed by atoms with van der Waals surface area (Å²) in [6.07, 6.45) is 4.22. The number of aromatic amines is 1. The zero-order chi connectivity index (χ0) is 13.6. The number of ether oxygens (including phenoxy) is 2. The van der Waals surface area contributed by atoms with Crippen LogP contribution in [0.25, 0.3) is 0 Å². The SMILES string of the molecule is COC(C)(C)CCOC(=O)[C@H](N)Cc1cnc[nH]1. The van der Waals surface area contributed by atoms with E-state index in [-0.39, 0.29) is 5.60 Å². The third-order valence-electron chi connectivity index (χ3n) is 2.80. The summed E-state index contributed by atoms with van der Waals surface area (Å²) in [5, 5.41) is 0. The van der Waals surface area contributed by atoms with Gasteiger partial charge in [0.1, 0.15) is 6.04 Å². The lowest BCUT2D eigenvalue weighted by Crippen LogP contribution is -2.35. The van der Waals surface area contributed by atoms with Gasteiger partial charge in [-0.2, -0.15) is 0 Å². The maximum absolute atomic E-state index is 11.6. The Hall–Kier alpha value is -1.40. The summed E-state index contributed by atoms with van der Waals surface area (Å²) in [5.41, 5.74) is 6.26. The lowest BCUT2D eigenvalue weighted by molar-refractivity contribution is -0.146. The fourth-order valence-corrected chi connectivity index (χ4v) is 1.32.